The van der Waals surface area contributed by atoms with Gasteiger partial charge in [0.15, 0.2) is 0 Å². The summed E-state index contributed by atoms with van der Waals surface area (Å²) >= 11 is 12.1. The zero-order valence-electron chi connectivity index (χ0n) is 13.7. The Morgan fingerprint density at radius 2 is 1.91 bits per heavy atom. The average molecular weight is 358 g/mol. The van der Waals surface area contributed by atoms with Crippen LogP contribution in [0.15, 0.2) is 18.2 Å². The molecule has 23 heavy (non-hydrogen) atoms. The molecule has 3 amide bonds. The number of piperazine rings is 1. The van der Waals surface area contributed by atoms with Crippen LogP contribution in [0.5, 0.6) is 0 Å². The van der Waals surface area contributed by atoms with E-state index in [0.29, 0.717) is 28.8 Å². The third-order valence-electron chi connectivity index (χ3n) is 3.60. The van der Waals surface area contributed by atoms with Gasteiger partial charge in [-0.25, -0.2) is 4.79 Å². The quantitative estimate of drug-likeness (QED) is 0.835. The molecule has 1 heterocycles. The van der Waals surface area contributed by atoms with Gasteiger partial charge in [0.1, 0.15) is 6.04 Å². The molecule has 0 bridgehead atoms. The molecule has 1 aromatic carbocycles. The van der Waals surface area contributed by atoms with E-state index in [1.165, 1.54) is 0 Å². The van der Waals surface area contributed by atoms with E-state index < -0.39 is 6.04 Å². The number of carbonyl (C=O) groups is 2. The van der Waals surface area contributed by atoms with Gasteiger partial charge < -0.3 is 15.1 Å². The van der Waals surface area contributed by atoms with E-state index in [9.17, 15) is 9.59 Å². The van der Waals surface area contributed by atoms with Crippen molar-refractivity contribution in [1.29, 1.82) is 0 Å². The average Bonchev–Trinajstić information content (AvgIpc) is 2.40. The summed E-state index contributed by atoms with van der Waals surface area (Å²) in [6.45, 7) is 8.26. The molecule has 0 saturated carbocycles. The molecular formula is C16H21Cl2N3O2. The molecule has 1 aromatic rings. The molecule has 7 heteroatoms. The number of rotatable bonds is 1. The molecule has 1 saturated heterocycles. The van der Waals surface area contributed by atoms with Crippen LogP contribution in [0, 0.1) is 0 Å². The Balaban J connectivity index is 2.17. The Morgan fingerprint density at radius 1 is 1.26 bits per heavy atom. The summed E-state index contributed by atoms with van der Waals surface area (Å²) in [7, 11) is 0. The topological polar surface area (TPSA) is 52.7 Å². The van der Waals surface area contributed by atoms with Gasteiger partial charge in [-0.15, -0.1) is 0 Å². The Kier molecular flexibility index (Phi) is 5.11. The van der Waals surface area contributed by atoms with Gasteiger partial charge in [-0.1, -0.05) is 23.2 Å². The minimum Gasteiger partial charge on any atom is -0.333 e. The number of benzene rings is 1. The van der Waals surface area contributed by atoms with Gasteiger partial charge in [0.05, 0.1) is 10.7 Å². The number of nitrogens with one attached hydrogen (secondary N) is 1. The highest BCUT2D eigenvalue weighted by atomic mass is 35.5. The fourth-order valence-electron chi connectivity index (χ4n) is 2.48. The monoisotopic (exact) mass is 357 g/mol. The van der Waals surface area contributed by atoms with Crippen LogP contribution in [-0.2, 0) is 4.79 Å². The summed E-state index contributed by atoms with van der Waals surface area (Å²) in [5, 5.41) is 3.82. The van der Waals surface area contributed by atoms with Crippen LogP contribution >= 0.6 is 23.2 Å². The van der Waals surface area contributed by atoms with Gasteiger partial charge in [-0.05, 0) is 45.9 Å². The fraction of sp³-hybridized carbons (Fsp3) is 0.500. The Labute approximate surface area is 146 Å². The first-order valence-corrected chi connectivity index (χ1v) is 8.21. The molecule has 2 rings (SSSR count). The number of anilines is 1. The van der Waals surface area contributed by atoms with Gasteiger partial charge in [0.2, 0.25) is 5.91 Å². The molecule has 1 unspecified atom stereocenters. The van der Waals surface area contributed by atoms with E-state index in [1.54, 1.807) is 34.9 Å². The van der Waals surface area contributed by atoms with Gasteiger partial charge in [-0.2, -0.15) is 0 Å². The number of hydrogen-bond donors (Lipinski definition) is 1. The smallest absolute Gasteiger partial charge is 0.318 e. The van der Waals surface area contributed by atoms with Crippen LogP contribution in [0.3, 0.4) is 0 Å². The molecule has 1 aliphatic heterocycles. The molecule has 5 nitrogen and oxygen atoms in total. The van der Waals surface area contributed by atoms with Gasteiger partial charge in [-0.3, -0.25) is 4.79 Å². The minimum absolute atomic E-state index is 0.162. The lowest BCUT2D eigenvalue weighted by Crippen LogP contribution is -2.61. The largest absolute Gasteiger partial charge is 0.333 e. The second-order valence-electron chi connectivity index (χ2n) is 6.64. The third kappa shape index (κ3) is 4.09. The van der Waals surface area contributed by atoms with Crippen molar-refractivity contribution in [1.82, 2.24) is 10.2 Å². The second kappa shape index (κ2) is 6.57. The zero-order valence-corrected chi connectivity index (χ0v) is 15.2. The maximum atomic E-state index is 12.7. The summed E-state index contributed by atoms with van der Waals surface area (Å²) in [5.74, 6) is -0.162. The SMILES string of the molecule is CC1C(=O)N(c2ccc(Cl)cc2Cl)CCN1C(=O)NC(C)(C)C. The summed E-state index contributed by atoms with van der Waals surface area (Å²) < 4.78 is 0. The molecular weight excluding hydrogens is 337 g/mol. The molecule has 126 valence electrons. The van der Waals surface area contributed by atoms with Gasteiger partial charge >= 0.3 is 6.03 Å². The zero-order chi connectivity index (χ0) is 17.4. The van der Waals surface area contributed by atoms with Crippen molar-refractivity contribution in [2.45, 2.75) is 39.3 Å². The first-order chi connectivity index (χ1) is 10.6. The normalized spacial score (nSPS) is 19.0. The van der Waals surface area contributed by atoms with E-state index in [2.05, 4.69) is 5.32 Å². The molecule has 1 fully saturated rings. The first-order valence-electron chi connectivity index (χ1n) is 7.45. The second-order valence-corrected chi connectivity index (χ2v) is 7.48. The van der Waals surface area contributed by atoms with E-state index in [-0.39, 0.29) is 17.5 Å². The number of halogens is 2. The molecule has 1 aliphatic rings. The number of amides is 3. The molecule has 1 N–H and O–H groups in total. The third-order valence-corrected chi connectivity index (χ3v) is 4.14. The Hall–Kier alpha value is -1.46. The number of hydrogen-bond acceptors (Lipinski definition) is 2. The van der Waals surface area contributed by atoms with Crippen LogP contribution in [0.2, 0.25) is 10.0 Å². The molecule has 0 spiro atoms. The highest BCUT2D eigenvalue weighted by molar-refractivity contribution is 6.36. The fourth-order valence-corrected chi connectivity index (χ4v) is 2.99. The number of nitrogens with zero attached hydrogens (tertiary/aromatic N) is 2. The number of urea groups is 1. The molecule has 0 aliphatic carbocycles. The van der Waals surface area contributed by atoms with Crippen LogP contribution in [0.25, 0.3) is 0 Å². The lowest BCUT2D eigenvalue weighted by molar-refractivity contribution is -0.124. The van der Waals surface area contributed by atoms with Crippen molar-refractivity contribution in [3.05, 3.63) is 28.2 Å². The van der Waals surface area contributed by atoms with Gasteiger partial charge in [0.25, 0.3) is 0 Å². The first kappa shape index (κ1) is 17.9. The molecule has 0 radical (unpaired) electrons. The highest BCUT2D eigenvalue weighted by Crippen LogP contribution is 2.30. The summed E-state index contributed by atoms with van der Waals surface area (Å²) in [6, 6.07) is 4.23. The number of carbonyl (C=O) groups excluding carboxylic acids is 2. The summed E-state index contributed by atoms with van der Waals surface area (Å²) in [4.78, 5) is 28.1. The summed E-state index contributed by atoms with van der Waals surface area (Å²) in [5.41, 5.74) is 0.264. The van der Waals surface area contributed by atoms with Gasteiger partial charge in [0, 0.05) is 23.7 Å². The predicted molar refractivity (Wildman–Crippen MR) is 93.3 cm³/mol. The van der Waals surface area contributed by atoms with Crippen LogP contribution in [0.4, 0.5) is 10.5 Å². The van der Waals surface area contributed by atoms with Crippen molar-refractivity contribution in [2.24, 2.45) is 0 Å². The Morgan fingerprint density at radius 3 is 2.48 bits per heavy atom. The van der Waals surface area contributed by atoms with Crippen LogP contribution in [-0.4, -0.2) is 41.5 Å². The highest BCUT2D eigenvalue weighted by Gasteiger charge is 2.36. The Bertz CT molecular complexity index is 628. The van der Waals surface area contributed by atoms with Crippen molar-refractivity contribution in [2.75, 3.05) is 18.0 Å². The van der Waals surface area contributed by atoms with Crippen LogP contribution in [0.1, 0.15) is 27.7 Å². The maximum Gasteiger partial charge on any atom is 0.318 e. The summed E-state index contributed by atoms with van der Waals surface area (Å²) in [6.07, 6.45) is 0. The van der Waals surface area contributed by atoms with Crippen LogP contribution < -0.4 is 10.2 Å². The van der Waals surface area contributed by atoms with E-state index in [0.717, 1.165) is 0 Å². The lowest BCUT2D eigenvalue weighted by atomic mass is 10.1. The van der Waals surface area contributed by atoms with E-state index >= 15 is 0 Å². The maximum absolute atomic E-state index is 12.7. The van der Waals surface area contributed by atoms with Crippen molar-refractivity contribution < 1.29 is 9.59 Å². The molecule has 1 atom stereocenters. The minimum atomic E-state index is -0.558. The van der Waals surface area contributed by atoms with E-state index in [4.69, 9.17) is 23.2 Å². The van der Waals surface area contributed by atoms with Crippen molar-refractivity contribution >= 4 is 40.8 Å². The van der Waals surface area contributed by atoms with Crippen molar-refractivity contribution in [3.8, 4) is 0 Å². The van der Waals surface area contributed by atoms with Crippen molar-refractivity contribution in [3.63, 3.8) is 0 Å². The lowest BCUT2D eigenvalue weighted by Gasteiger charge is -2.40. The predicted octanol–water partition coefficient (Wildman–Crippen LogP) is 3.54. The molecule has 0 aromatic heterocycles. The standard InChI is InChI=1S/C16H21Cl2N3O2/c1-10-14(22)21(13-6-5-11(17)9-12(13)18)8-7-20(10)15(23)19-16(2,3)4/h5-6,9-10H,7-8H2,1-4H3,(H,19,23). The van der Waals surface area contributed by atoms with E-state index in [1.807, 2.05) is 20.8 Å².